The van der Waals surface area contributed by atoms with Crippen LogP contribution in [0.25, 0.3) is 0 Å². The first-order chi connectivity index (χ1) is 9.33. The standard InChI is InChI=1S/C16H19N3/c17-15-14(10-11-4-2-1-3-5-11)18-16(12-6-7-12)19(15)13-8-9-13/h1-5,12-13H,6-10,17H2. The van der Waals surface area contributed by atoms with E-state index in [9.17, 15) is 0 Å². The molecular formula is C16H19N3. The number of imidazole rings is 1. The molecule has 19 heavy (non-hydrogen) atoms. The van der Waals surface area contributed by atoms with Crippen LogP contribution in [0.1, 0.15) is 54.7 Å². The molecular weight excluding hydrogens is 234 g/mol. The quantitative estimate of drug-likeness (QED) is 0.908. The number of aromatic nitrogens is 2. The van der Waals surface area contributed by atoms with Crippen LogP contribution in [0.15, 0.2) is 30.3 Å². The van der Waals surface area contributed by atoms with Crippen molar-refractivity contribution in [1.29, 1.82) is 0 Å². The van der Waals surface area contributed by atoms with Crippen LogP contribution in [-0.2, 0) is 6.42 Å². The Bertz CT molecular complexity index is 592. The highest BCUT2D eigenvalue weighted by molar-refractivity contribution is 5.43. The smallest absolute Gasteiger partial charge is 0.127 e. The van der Waals surface area contributed by atoms with Gasteiger partial charge in [-0.2, -0.15) is 0 Å². The number of nitrogens with zero attached hydrogens (tertiary/aromatic N) is 2. The number of nitrogens with two attached hydrogens (primary N) is 1. The molecule has 3 heteroatoms. The van der Waals surface area contributed by atoms with Gasteiger partial charge in [-0.3, -0.25) is 0 Å². The summed E-state index contributed by atoms with van der Waals surface area (Å²) in [6, 6.07) is 11.1. The summed E-state index contributed by atoms with van der Waals surface area (Å²) in [6.45, 7) is 0. The highest BCUT2D eigenvalue weighted by Gasteiger charge is 2.36. The van der Waals surface area contributed by atoms with Crippen LogP contribution in [-0.4, -0.2) is 9.55 Å². The zero-order valence-electron chi connectivity index (χ0n) is 11.0. The van der Waals surface area contributed by atoms with E-state index in [0.717, 1.165) is 17.9 Å². The maximum Gasteiger partial charge on any atom is 0.127 e. The molecule has 0 spiro atoms. The minimum atomic E-state index is 0.632. The van der Waals surface area contributed by atoms with Crippen molar-refractivity contribution in [3.05, 3.63) is 47.4 Å². The summed E-state index contributed by atoms with van der Waals surface area (Å²) >= 11 is 0. The minimum absolute atomic E-state index is 0.632. The summed E-state index contributed by atoms with van der Waals surface area (Å²) in [4.78, 5) is 4.87. The van der Waals surface area contributed by atoms with Crippen molar-refractivity contribution in [3.63, 3.8) is 0 Å². The predicted octanol–water partition coefficient (Wildman–Crippen LogP) is 3.27. The maximum atomic E-state index is 6.36. The third-order valence-electron chi connectivity index (χ3n) is 4.12. The van der Waals surface area contributed by atoms with Crippen LogP contribution in [0, 0.1) is 0 Å². The van der Waals surface area contributed by atoms with Gasteiger partial charge >= 0.3 is 0 Å². The first kappa shape index (κ1) is 11.1. The highest BCUT2D eigenvalue weighted by Crippen LogP contribution is 2.46. The molecule has 1 heterocycles. The lowest BCUT2D eigenvalue weighted by Gasteiger charge is -2.07. The molecule has 98 valence electrons. The molecule has 0 saturated heterocycles. The second-order valence-corrected chi connectivity index (χ2v) is 5.84. The molecule has 2 fully saturated rings. The third kappa shape index (κ3) is 2.03. The second-order valence-electron chi connectivity index (χ2n) is 5.84. The van der Waals surface area contributed by atoms with Crippen molar-refractivity contribution in [2.24, 2.45) is 0 Å². The molecule has 0 amide bonds. The van der Waals surface area contributed by atoms with Crippen LogP contribution in [0.3, 0.4) is 0 Å². The Labute approximate surface area is 113 Å². The van der Waals surface area contributed by atoms with Crippen molar-refractivity contribution >= 4 is 5.82 Å². The van der Waals surface area contributed by atoms with Gasteiger partial charge in [0, 0.05) is 18.4 Å². The van der Waals surface area contributed by atoms with Crippen molar-refractivity contribution in [1.82, 2.24) is 9.55 Å². The van der Waals surface area contributed by atoms with E-state index in [4.69, 9.17) is 10.7 Å². The van der Waals surface area contributed by atoms with Crippen LogP contribution in [0.2, 0.25) is 0 Å². The fourth-order valence-electron chi connectivity index (χ4n) is 2.78. The Morgan fingerprint density at radius 2 is 1.84 bits per heavy atom. The first-order valence-corrected chi connectivity index (χ1v) is 7.23. The summed E-state index contributed by atoms with van der Waals surface area (Å²) in [7, 11) is 0. The molecule has 2 aromatic rings. The Morgan fingerprint density at radius 1 is 1.11 bits per heavy atom. The second kappa shape index (κ2) is 4.12. The Hall–Kier alpha value is -1.77. The molecule has 0 aliphatic heterocycles. The molecule has 2 aliphatic rings. The number of hydrogen-bond donors (Lipinski definition) is 1. The summed E-state index contributed by atoms with van der Waals surface area (Å²) in [5.74, 6) is 2.84. The van der Waals surface area contributed by atoms with Gasteiger partial charge in [0.2, 0.25) is 0 Å². The van der Waals surface area contributed by atoms with Gasteiger partial charge in [-0.1, -0.05) is 30.3 Å². The third-order valence-corrected chi connectivity index (χ3v) is 4.12. The number of nitrogen functional groups attached to an aromatic ring is 1. The van der Waals surface area contributed by atoms with E-state index >= 15 is 0 Å². The molecule has 0 bridgehead atoms. The lowest BCUT2D eigenvalue weighted by Crippen LogP contribution is -2.05. The van der Waals surface area contributed by atoms with Gasteiger partial charge in [0.05, 0.1) is 5.69 Å². The van der Waals surface area contributed by atoms with Gasteiger partial charge in [-0.25, -0.2) is 4.98 Å². The summed E-state index contributed by atoms with van der Waals surface area (Å²) < 4.78 is 2.33. The molecule has 0 atom stereocenters. The predicted molar refractivity (Wildman–Crippen MR) is 76.1 cm³/mol. The van der Waals surface area contributed by atoms with Gasteiger partial charge in [0.25, 0.3) is 0 Å². The van der Waals surface area contributed by atoms with Crippen LogP contribution >= 0.6 is 0 Å². The Kier molecular flexibility index (Phi) is 2.40. The van der Waals surface area contributed by atoms with Gasteiger partial charge < -0.3 is 10.3 Å². The fourth-order valence-corrected chi connectivity index (χ4v) is 2.78. The van der Waals surface area contributed by atoms with Gasteiger partial charge in [0.15, 0.2) is 0 Å². The summed E-state index contributed by atoms with van der Waals surface area (Å²) in [5.41, 5.74) is 8.72. The number of benzene rings is 1. The molecule has 0 radical (unpaired) electrons. The Morgan fingerprint density at radius 3 is 2.47 bits per heavy atom. The van der Waals surface area contributed by atoms with Gasteiger partial charge in [-0.05, 0) is 31.2 Å². The zero-order valence-corrected chi connectivity index (χ0v) is 11.0. The minimum Gasteiger partial charge on any atom is -0.384 e. The molecule has 2 saturated carbocycles. The van der Waals surface area contributed by atoms with E-state index in [-0.39, 0.29) is 0 Å². The van der Waals surface area contributed by atoms with Gasteiger partial charge in [0.1, 0.15) is 11.6 Å². The molecule has 1 aromatic heterocycles. The SMILES string of the molecule is Nc1c(Cc2ccccc2)nc(C2CC2)n1C1CC1. The molecule has 2 N–H and O–H groups in total. The van der Waals surface area contributed by atoms with Crippen LogP contribution in [0.4, 0.5) is 5.82 Å². The van der Waals surface area contributed by atoms with E-state index in [0.29, 0.717) is 12.0 Å². The summed E-state index contributed by atoms with van der Waals surface area (Å²) in [5, 5.41) is 0. The maximum absolute atomic E-state index is 6.36. The molecule has 1 aromatic carbocycles. The average molecular weight is 253 g/mol. The van der Waals surface area contributed by atoms with Gasteiger partial charge in [-0.15, -0.1) is 0 Å². The topological polar surface area (TPSA) is 43.8 Å². The average Bonchev–Trinajstić information content (AvgIpc) is 3.32. The Balaban J connectivity index is 1.70. The van der Waals surface area contributed by atoms with E-state index in [1.54, 1.807) is 0 Å². The molecule has 2 aliphatic carbocycles. The molecule has 0 unspecified atom stereocenters. The lowest BCUT2D eigenvalue weighted by molar-refractivity contribution is 0.691. The molecule has 3 nitrogen and oxygen atoms in total. The van der Waals surface area contributed by atoms with E-state index in [1.165, 1.54) is 37.1 Å². The summed E-state index contributed by atoms with van der Waals surface area (Å²) in [6.07, 6.45) is 5.96. The van der Waals surface area contributed by atoms with Crippen molar-refractivity contribution < 1.29 is 0 Å². The van der Waals surface area contributed by atoms with Crippen molar-refractivity contribution in [2.75, 3.05) is 5.73 Å². The van der Waals surface area contributed by atoms with Crippen molar-refractivity contribution in [2.45, 2.75) is 44.1 Å². The lowest BCUT2D eigenvalue weighted by atomic mass is 10.1. The largest absolute Gasteiger partial charge is 0.384 e. The molecule has 4 rings (SSSR count). The number of anilines is 1. The van der Waals surface area contributed by atoms with E-state index in [2.05, 4.69) is 28.8 Å². The first-order valence-electron chi connectivity index (χ1n) is 7.23. The van der Waals surface area contributed by atoms with E-state index < -0.39 is 0 Å². The van der Waals surface area contributed by atoms with Crippen LogP contribution < -0.4 is 5.73 Å². The highest BCUT2D eigenvalue weighted by atomic mass is 15.2. The van der Waals surface area contributed by atoms with Crippen molar-refractivity contribution in [3.8, 4) is 0 Å². The number of rotatable bonds is 4. The van der Waals surface area contributed by atoms with E-state index in [1.807, 2.05) is 6.07 Å². The number of hydrogen-bond acceptors (Lipinski definition) is 2. The monoisotopic (exact) mass is 253 g/mol. The zero-order chi connectivity index (χ0) is 12.8. The normalized spacial score (nSPS) is 18.7. The fraction of sp³-hybridized carbons (Fsp3) is 0.438. The van der Waals surface area contributed by atoms with Crippen LogP contribution in [0.5, 0.6) is 0 Å².